The molecule has 0 amide bonds. The maximum atomic E-state index is 11.3. The summed E-state index contributed by atoms with van der Waals surface area (Å²) in [6.07, 6.45) is 7.57. The summed E-state index contributed by atoms with van der Waals surface area (Å²) in [4.78, 5) is 18.7. The van der Waals surface area contributed by atoms with Gasteiger partial charge in [0.05, 0.1) is 23.1 Å². The van der Waals surface area contributed by atoms with E-state index >= 15 is 0 Å². The number of hydrogen-bond donors (Lipinski definition) is 3. The molecule has 2 heterocycles. The molecular weight excluding hydrogens is 460 g/mol. The zero-order valence-electron chi connectivity index (χ0n) is 17.9. The van der Waals surface area contributed by atoms with Gasteiger partial charge in [-0.15, -0.1) is 0 Å². The van der Waals surface area contributed by atoms with Crippen LogP contribution in [0.25, 0.3) is 0 Å². The van der Waals surface area contributed by atoms with E-state index in [-0.39, 0.29) is 10.8 Å². The van der Waals surface area contributed by atoms with E-state index in [4.69, 9.17) is 16.3 Å². The van der Waals surface area contributed by atoms with Crippen molar-refractivity contribution in [3.63, 3.8) is 0 Å². The van der Waals surface area contributed by atoms with Gasteiger partial charge in [0, 0.05) is 24.1 Å². The van der Waals surface area contributed by atoms with Crippen molar-refractivity contribution in [3.05, 3.63) is 91.4 Å². The molecule has 2 aromatic carbocycles. The van der Waals surface area contributed by atoms with E-state index in [1.807, 2.05) is 48.6 Å². The Morgan fingerprint density at radius 2 is 2.03 bits per heavy atom. The van der Waals surface area contributed by atoms with E-state index < -0.39 is 11.6 Å². The van der Waals surface area contributed by atoms with Gasteiger partial charge in [-0.25, -0.2) is 0 Å². The van der Waals surface area contributed by atoms with Crippen molar-refractivity contribution in [1.82, 2.24) is 4.98 Å². The van der Waals surface area contributed by atoms with E-state index in [0.29, 0.717) is 29.3 Å². The lowest BCUT2D eigenvalue weighted by molar-refractivity contribution is 0.140. The van der Waals surface area contributed by atoms with Crippen LogP contribution >= 0.6 is 22.9 Å². The van der Waals surface area contributed by atoms with Gasteiger partial charge in [0.1, 0.15) is 5.75 Å². The number of aliphatic hydroxyl groups excluding tert-OH is 1. The summed E-state index contributed by atoms with van der Waals surface area (Å²) in [6, 6.07) is 14.9. The SMILES string of the molecule is O=c1[nH]c(O)c(Cc2ccc(OCCCC3(CC(O)c4cccc(Cl)c4)C=CC=N3)cc2)s1. The van der Waals surface area contributed by atoms with E-state index in [1.165, 1.54) is 0 Å². The third kappa shape index (κ3) is 6.13. The van der Waals surface area contributed by atoms with Gasteiger partial charge < -0.3 is 14.9 Å². The number of hydrogen-bond acceptors (Lipinski definition) is 6. The van der Waals surface area contributed by atoms with Crippen LogP contribution in [0.15, 0.2) is 70.5 Å². The predicted octanol–water partition coefficient (Wildman–Crippen LogP) is 5.05. The minimum Gasteiger partial charge on any atom is -0.494 e. The molecule has 2 unspecified atom stereocenters. The van der Waals surface area contributed by atoms with Gasteiger partial charge in [0.2, 0.25) is 5.88 Å². The first-order chi connectivity index (χ1) is 15.9. The van der Waals surface area contributed by atoms with Crippen molar-refractivity contribution in [3.8, 4) is 11.6 Å². The Morgan fingerprint density at radius 3 is 2.70 bits per heavy atom. The number of aliphatic hydroxyl groups is 1. The van der Waals surface area contributed by atoms with Crippen LogP contribution in [0.4, 0.5) is 0 Å². The number of nitrogens with one attached hydrogen (secondary N) is 1. The molecule has 172 valence electrons. The van der Waals surface area contributed by atoms with Crippen molar-refractivity contribution < 1.29 is 14.9 Å². The Kier molecular flexibility index (Phi) is 7.33. The van der Waals surface area contributed by atoms with E-state index in [2.05, 4.69) is 9.98 Å². The quantitative estimate of drug-likeness (QED) is 0.351. The minimum absolute atomic E-state index is 0.0663. The number of ether oxygens (including phenoxy) is 1. The number of halogens is 1. The summed E-state index contributed by atoms with van der Waals surface area (Å²) in [5.74, 6) is 0.687. The number of aromatic hydroxyl groups is 1. The molecule has 4 rings (SSSR count). The molecule has 33 heavy (non-hydrogen) atoms. The van der Waals surface area contributed by atoms with Crippen LogP contribution in [0.2, 0.25) is 5.02 Å². The van der Waals surface area contributed by atoms with Crippen molar-refractivity contribution in [1.29, 1.82) is 0 Å². The second kappa shape index (κ2) is 10.4. The van der Waals surface area contributed by atoms with Crippen LogP contribution in [-0.2, 0) is 6.42 Å². The summed E-state index contributed by atoms with van der Waals surface area (Å²) < 4.78 is 5.89. The van der Waals surface area contributed by atoms with Gasteiger partial charge in [0.25, 0.3) is 0 Å². The Morgan fingerprint density at radius 1 is 1.21 bits per heavy atom. The summed E-state index contributed by atoms with van der Waals surface area (Å²) in [5, 5.41) is 21.1. The fraction of sp³-hybridized carbons (Fsp3) is 0.280. The first kappa shape index (κ1) is 23.3. The van der Waals surface area contributed by atoms with E-state index in [9.17, 15) is 15.0 Å². The second-order valence-corrected chi connectivity index (χ2v) is 9.58. The molecule has 8 heteroatoms. The number of H-pyrrole nitrogens is 1. The number of aromatic nitrogens is 1. The molecule has 3 N–H and O–H groups in total. The number of thiazole rings is 1. The molecule has 0 saturated carbocycles. The fourth-order valence-electron chi connectivity index (χ4n) is 3.92. The lowest BCUT2D eigenvalue weighted by Crippen LogP contribution is -2.26. The topological polar surface area (TPSA) is 94.9 Å². The number of allylic oxidation sites excluding steroid dienone is 1. The molecule has 0 radical (unpaired) electrons. The molecule has 1 aliphatic heterocycles. The van der Waals surface area contributed by atoms with Crippen molar-refractivity contribution >= 4 is 29.2 Å². The predicted molar refractivity (Wildman–Crippen MR) is 132 cm³/mol. The smallest absolute Gasteiger partial charge is 0.307 e. The number of rotatable bonds is 10. The van der Waals surface area contributed by atoms with Crippen LogP contribution in [0.1, 0.15) is 41.4 Å². The van der Waals surface area contributed by atoms with Crippen LogP contribution in [0.3, 0.4) is 0 Å². The summed E-state index contributed by atoms with van der Waals surface area (Å²) in [5.41, 5.74) is 1.32. The van der Waals surface area contributed by atoms with Crippen molar-refractivity contribution in [2.24, 2.45) is 4.99 Å². The number of aromatic amines is 1. The second-order valence-electron chi connectivity index (χ2n) is 8.07. The number of nitrogens with zero attached hydrogens (tertiary/aromatic N) is 1. The standard InChI is InChI=1S/C25H25ClN2O4S/c26-19-5-1-4-18(15-19)21(29)16-25(10-2-12-27-25)11-3-13-32-20-8-6-17(7-9-20)14-22-23(30)28-24(31)33-22/h1-2,4-10,12,15,21,29-30H,3,11,13-14,16H2,(H,28,31). The Hall–Kier alpha value is -2.87. The molecule has 0 spiro atoms. The molecule has 0 bridgehead atoms. The van der Waals surface area contributed by atoms with Gasteiger partial charge >= 0.3 is 4.87 Å². The van der Waals surface area contributed by atoms with Crippen molar-refractivity contribution in [2.75, 3.05) is 6.61 Å². The Labute approximate surface area is 200 Å². The first-order valence-electron chi connectivity index (χ1n) is 10.7. The fourth-order valence-corrected chi connectivity index (χ4v) is 4.88. The van der Waals surface area contributed by atoms with Gasteiger partial charge in [-0.05, 0) is 54.3 Å². The molecule has 1 aliphatic rings. The zero-order chi connectivity index (χ0) is 23.3. The molecule has 2 atom stereocenters. The largest absolute Gasteiger partial charge is 0.494 e. The molecule has 0 aliphatic carbocycles. The highest BCUT2D eigenvalue weighted by atomic mass is 35.5. The lowest BCUT2D eigenvalue weighted by atomic mass is 9.86. The number of benzene rings is 2. The molecule has 3 aromatic rings. The summed E-state index contributed by atoms with van der Waals surface area (Å²) in [6.45, 7) is 0.526. The Bertz CT molecular complexity index is 1190. The van der Waals surface area contributed by atoms with Crippen LogP contribution in [-0.4, -0.2) is 33.6 Å². The van der Waals surface area contributed by atoms with Gasteiger partial charge in [-0.3, -0.25) is 14.8 Å². The van der Waals surface area contributed by atoms with Crippen molar-refractivity contribution in [2.45, 2.75) is 37.3 Å². The third-order valence-electron chi connectivity index (χ3n) is 5.62. The molecular formula is C25H25ClN2O4S. The number of aliphatic imine (C=N–C) groups is 1. The molecule has 0 saturated heterocycles. The van der Waals surface area contributed by atoms with Crippen LogP contribution < -0.4 is 9.61 Å². The average Bonchev–Trinajstić information content (AvgIpc) is 3.38. The van der Waals surface area contributed by atoms with Gasteiger partial charge in [-0.2, -0.15) is 0 Å². The molecule has 1 aromatic heterocycles. The highest BCUT2D eigenvalue weighted by Crippen LogP contribution is 2.34. The normalized spacial score (nSPS) is 18.0. The zero-order valence-corrected chi connectivity index (χ0v) is 19.5. The maximum absolute atomic E-state index is 11.3. The van der Waals surface area contributed by atoms with E-state index in [0.717, 1.165) is 41.1 Å². The lowest BCUT2D eigenvalue weighted by Gasteiger charge is -2.27. The van der Waals surface area contributed by atoms with Gasteiger partial charge in [-0.1, -0.05) is 53.3 Å². The van der Waals surface area contributed by atoms with Crippen LogP contribution in [0, 0.1) is 0 Å². The average molecular weight is 485 g/mol. The maximum Gasteiger partial charge on any atom is 0.307 e. The molecule has 6 nitrogen and oxygen atoms in total. The third-order valence-corrected chi connectivity index (χ3v) is 6.72. The highest BCUT2D eigenvalue weighted by molar-refractivity contribution is 7.09. The Balaban J connectivity index is 1.28. The van der Waals surface area contributed by atoms with Crippen LogP contribution in [0.5, 0.6) is 11.6 Å². The first-order valence-corrected chi connectivity index (χ1v) is 11.9. The molecule has 0 fully saturated rings. The monoisotopic (exact) mass is 484 g/mol. The summed E-state index contributed by atoms with van der Waals surface area (Å²) >= 11 is 7.07. The minimum atomic E-state index is -0.657. The van der Waals surface area contributed by atoms with Gasteiger partial charge in [0.15, 0.2) is 0 Å². The highest BCUT2D eigenvalue weighted by Gasteiger charge is 2.31. The van der Waals surface area contributed by atoms with E-state index in [1.54, 1.807) is 18.3 Å². The summed E-state index contributed by atoms with van der Waals surface area (Å²) in [7, 11) is 0.